The van der Waals surface area contributed by atoms with Crippen molar-refractivity contribution in [2.45, 2.75) is 128 Å². The molecule has 2 atom stereocenters. The summed E-state index contributed by atoms with van der Waals surface area (Å²) < 4.78 is 0. The summed E-state index contributed by atoms with van der Waals surface area (Å²) in [5.74, 6) is 0. The van der Waals surface area contributed by atoms with Crippen LogP contribution in [0, 0.1) is 0 Å². The molecule has 5 heterocycles. The van der Waals surface area contributed by atoms with Crippen LogP contribution < -0.4 is 16.0 Å². The fraction of sp³-hybridized carbons (Fsp3) is 0.923. The number of hydrogen-bond acceptors (Lipinski definition) is 7. The van der Waals surface area contributed by atoms with Crippen molar-refractivity contribution in [3.8, 4) is 0 Å². The van der Waals surface area contributed by atoms with E-state index in [1.807, 2.05) is 14.7 Å². The highest BCUT2D eigenvalue weighted by atomic mass is 16.2. The Balaban J connectivity index is 1.33. The summed E-state index contributed by atoms with van der Waals surface area (Å²) in [6, 6.07) is 0.709. The van der Waals surface area contributed by atoms with Gasteiger partial charge in [0.25, 0.3) is 0 Å². The van der Waals surface area contributed by atoms with Gasteiger partial charge in [0.2, 0.25) is 6.41 Å². The van der Waals surface area contributed by atoms with Crippen LogP contribution in [0.5, 0.6) is 0 Å². The molecule has 10 heteroatoms. The Morgan fingerprint density at radius 3 is 1.69 bits per heavy atom. The molecule has 0 aromatic heterocycles. The normalized spacial score (nSPS) is 35.0. The first-order valence-electron chi connectivity index (χ1n) is 13.7. The van der Waals surface area contributed by atoms with Gasteiger partial charge in [-0.05, 0) is 81.1 Å². The summed E-state index contributed by atoms with van der Waals surface area (Å²) in [6.45, 7) is 20.5. The fourth-order valence-corrected chi connectivity index (χ4v) is 8.21. The molecule has 0 aromatic carbocycles. The van der Waals surface area contributed by atoms with Crippen molar-refractivity contribution in [2.24, 2.45) is 0 Å². The van der Waals surface area contributed by atoms with Crippen molar-refractivity contribution in [1.29, 1.82) is 0 Å². The quantitative estimate of drug-likeness (QED) is 0.502. The predicted molar refractivity (Wildman–Crippen MR) is 139 cm³/mol. The number of rotatable bonds is 3. The number of fused-ring (bicyclic) bond motifs is 3. The lowest BCUT2D eigenvalue weighted by atomic mass is 9.79. The van der Waals surface area contributed by atoms with Crippen LogP contribution in [-0.4, -0.2) is 110 Å². The molecule has 5 saturated heterocycles. The first-order valence-corrected chi connectivity index (χ1v) is 13.7. The van der Waals surface area contributed by atoms with E-state index in [0.717, 1.165) is 38.8 Å². The van der Waals surface area contributed by atoms with E-state index in [1.165, 1.54) is 0 Å². The molecular formula is C26H48N8O2. The van der Waals surface area contributed by atoms with Crippen molar-refractivity contribution < 1.29 is 9.59 Å². The lowest BCUT2D eigenvalue weighted by Crippen LogP contribution is -2.70. The number of nitrogens with one attached hydrogen (secondary N) is 3. The second-order valence-electron chi connectivity index (χ2n) is 14.6. The third kappa shape index (κ3) is 4.87. The second kappa shape index (κ2) is 8.53. The second-order valence-corrected chi connectivity index (χ2v) is 14.6. The molecule has 204 valence electrons. The summed E-state index contributed by atoms with van der Waals surface area (Å²) in [5.41, 5.74) is 0.0858. The highest BCUT2D eigenvalue weighted by Gasteiger charge is 2.55. The van der Waals surface area contributed by atoms with Crippen LogP contribution in [0.15, 0.2) is 0 Å². The molecule has 3 N–H and O–H groups in total. The Kier molecular flexibility index (Phi) is 6.20. The lowest BCUT2D eigenvalue weighted by molar-refractivity contribution is -0.141. The Morgan fingerprint density at radius 1 is 0.722 bits per heavy atom. The Bertz CT molecular complexity index is 857. The zero-order valence-electron chi connectivity index (χ0n) is 23.6. The highest BCUT2D eigenvalue weighted by Crippen LogP contribution is 2.37. The molecule has 0 saturated carbocycles. The van der Waals surface area contributed by atoms with Crippen LogP contribution in [0.2, 0.25) is 0 Å². The number of amides is 3. The number of urea groups is 1. The summed E-state index contributed by atoms with van der Waals surface area (Å²) in [7, 11) is 0. The zero-order valence-corrected chi connectivity index (χ0v) is 23.6. The maximum atomic E-state index is 13.8. The molecule has 3 amide bonds. The van der Waals surface area contributed by atoms with Gasteiger partial charge in [-0.3, -0.25) is 29.7 Å². The van der Waals surface area contributed by atoms with Gasteiger partial charge in [0, 0.05) is 34.2 Å². The van der Waals surface area contributed by atoms with Crippen molar-refractivity contribution in [3.63, 3.8) is 0 Å². The lowest BCUT2D eigenvalue weighted by Gasteiger charge is -2.53. The standard InChI is InChI=1S/C26H48N8O2/c1-23(2)9-18(10-24(3,4)28-23)30-13-27-20-21-32(17-35)14-31(16-34(21)22(36)33(20)15-30)19-11-25(5,6)29-26(7,8)12-19/h17-21,27-29H,9-16H2,1-8H3. The van der Waals surface area contributed by atoms with E-state index < -0.39 is 0 Å². The average Bonchev–Trinajstić information content (AvgIpc) is 3.00. The molecule has 0 bridgehead atoms. The van der Waals surface area contributed by atoms with Crippen LogP contribution >= 0.6 is 0 Å². The van der Waals surface area contributed by atoms with Gasteiger partial charge in [-0.25, -0.2) is 4.79 Å². The summed E-state index contributed by atoms with van der Waals surface area (Å²) in [5, 5.41) is 11.2. The van der Waals surface area contributed by atoms with Crippen LogP contribution in [-0.2, 0) is 4.79 Å². The highest BCUT2D eigenvalue weighted by molar-refractivity contribution is 5.78. The number of carbonyl (C=O) groups is 2. The van der Waals surface area contributed by atoms with Gasteiger partial charge in [0.05, 0.1) is 26.7 Å². The van der Waals surface area contributed by atoms with Crippen LogP contribution in [0.3, 0.4) is 0 Å². The third-order valence-corrected chi connectivity index (χ3v) is 8.79. The Labute approximate surface area is 217 Å². The van der Waals surface area contributed by atoms with Gasteiger partial charge in [-0.15, -0.1) is 0 Å². The van der Waals surface area contributed by atoms with E-state index >= 15 is 0 Å². The van der Waals surface area contributed by atoms with Crippen molar-refractivity contribution >= 4 is 12.4 Å². The monoisotopic (exact) mass is 504 g/mol. The topological polar surface area (TPSA) is 86.4 Å². The van der Waals surface area contributed by atoms with E-state index in [0.29, 0.717) is 32.1 Å². The molecule has 5 aliphatic heterocycles. The molecule has 2 unspecified atom stereocenters. The minimum Gasteiger partial charge on any atom is -0.308 e. The molecule has 0 spiro atoms. The average molecular weight is 505 g/mol. The smallest absolute Gasteiger partial charge is 0.308 e. The molecule has 0 aliphatic carbocycles. The molecule has 10 nitrogen and oxygen atoms in total. The van der Waals surface area contributed by atoms with E-state index in [2.05, 4.69) is 81.1 Å². The predicted octanol–water partition coefficient (Wildman–Crippen LogP) is 1.50. The number of piperidine rings is 2. The number of nitrogens with zero attached hydrogens (tertiary/aromatic N) is 5. The Hall–Kier alpha value is -1.46. The maximum Gasteiger partial charge on any atom is 0.325 e. The largest absolute Gasteiger partial charge is 0.325 e. The van der Waals surface area contributed by atoms with Crippen molar-refractivity contribution in [3.05, 3.63) is 0 Å². The third-order valence-electron chi connectivity index (χ3n) is 8.79. The molecular weight excluding hydrogens is 456 g/mol. The minimum absolute atomic E-state index is 0.000242. The van der Waals surface area contributed by atoms with Crippen LogP contribution in [0.1, 0.15) is 81.1 Å². The van der Waals surface area contributed by atoms with Crippen molar-refractivity contribution in [2.75, 3.05) is 26.7 Å². The van der Waals surface area contributed by atoms with E-state index in [4.69, 9.17) is 0 Å². The number of carbonyl (C=O) groups excluding carboxylic acids is 2. The number of hydrogen-bond donors (Lipinski definition) is 3. The molecule has 5 fully saturated rings. The Morgan fingerprint density at radius 2 is 1.19 bits per heavy atom. The van der Waals surface area contributed by atoms with Gasteiger partial charge >= 0.3 is 6.03 Å². The fourth-order valence-electron chi connectivity index (χ4n) is 8.21. The minimum atomic E-state index is -0.267. The first kappa shape index (κ1) is 26.2. The first-order chi connectivity index (χ1) is 16.6. The van der Waals surface area contributed by atoms with E-state index in [1.54, 1.807) is 0 Å². The van der Waals surface area contributed by atoms with Crippen LogP contribution in [0.4, 0.5) is 4.79 Å². The maximum absolute atomic E-state index is 13.8. The van der Waals surface area contributed by atoms with Gasteiger partial charge < -0.3 is 15.5 Å². The van der Waals surface area contributed by atoms with Gasteiger partial charge in [-0.1, -0.05) is 0 Å². The van der Waals surface area contributed by atoms with Crippen LogP contribution in [0.25, 0.3) is 0 Å². The summed E-state index contributed by atoms with van der Waals surface area (Å²) in [6.07, 6.45) is 4.53. The molecule has 0 aromatic rings. The van der Waals surface area contributed by atoms with E-state index in [-0.39, 0.29) is 40.5 Å². The van der Waals surface area contributed by atoms with E-state index in [9.17, 15) is 9.59 Å². The summed E-state index contributed by atoms with van der Waals surface area (Å²) >= 11 is 0. The molecule has 5 aliphatic rings. The SMILES string of the molecule is CC1(C)CC(N2CNC3C4N(C=O)CN(C5CC(C)(C)NC(C)(C)C5)CN4C(=O)N3C2)CC(C)(C)N1. The summed E-state index contributed by atoms with van der Waals surface area (Å²) in [4.78, 5) is 36.5. The molecule has 36 heavy (non-hydrogen) atoms. The molecule has 5 rings (SSSR count). The van der Waals surface area contributed by atoms with Gasteiger partial charge in [-0.2, -0.15) is 0 Å². The van der Waals surface area contributed by atoms with Gasteiger partial charge in [0.1, 0.15) is 12.3 Å². The van der Waals surface area contributed by atoms with Crippen molar-refractivity contribution in [1.82, 2.24) is 40.4 Å². The van der Waals surface area contributed by atoms with Gasteiger partial charge in [0.15, 0.2) is 0 Å². The zero-order chi connectivity index (χ0) is 26.3. The molecule has 0 radical (unpaired) electrons.